The van der Waals surface area contributed by atoms with Gasteiger partial charge in [0, 0.05) is 21.9 Å². The van der Waals surface area contributed by atoms with E-state index in [1.807, 2.05) is 12.1 Å². The quantitative estimate of drug-likeness (QED) is 0.749. The highest BCUT2D eigenvalue weighted by Gasteiger charge is 2.15. The third-order valence-electron chi connectivity index (χ3n) is 3.31. The molecule has 1 aromatic carbocycles. The minimum absolute atomic E-state index is 0.690. The average molecular weight is 229 g/mol. The van der Waals surface area contributed by atoms with Gasteiger partial charge in [-0.05, 0) is 38.4 Å². The molecule has 2 N–H and O–H groups in total. The summed E-state index contributed by atoms with van der Waals surface area (Å²) in [6, 6.07) is 4.01. The molecule has 88 valence electrons. The second-order valence-electron chi connectivity index (χ2n) is 4.32. The second kappa shape index (κ2) is 3.93. The predicted molar refractivity (Wildman–Crippen MR) is 68.1 cm³/mol. The van der Waals surface area contributed by atoms with E-state index in [9.17, 15) is 0 Å². The standard InChI is InChI=1S/C14H15NO2/c1-9-10-4-7-17-14(10)11(3-2-6-15)12-5-8-16-13(9)12/h4-5,7-8H,2-3,6,15H2,1H3. The summed E-state index contributed by atoms with van der Waals surface area (Å²) in [5.41, 5.74) is 9.89. The van der Waals surface area contributed by atoms with Gasteiger partial charge in [-0.1, -0.05) is 0 Å². The van der Waals surface area contributed by atoms with Crippen molar-refractivity contribution in [3.63, 3.8) is 0 Å². The maximum absolute atomic E-state index is 5.62. The molecule has 0 amide bonds. The van der Waals surface area contributed by atoms with Gasteiger partial charge in [-0.15, -0.1) is 0 Å². The Labute approximate surface area is 99.2 Å². The lowest BCUT2D eigenvalue weighted by atomic mass is 9.99. The summed E-state index contributed by atoms with van der Waals surface area (Å²) in [4.78, 5) is 0. The normalized spacial score (nSPS) is 11.6. The third kappa shape index (κ3) is 1.46. The molecule has 0 aliphatic heterocycles. The number of rotatable bonds is 3. The van der Waals surface area contributed by atoms with Crippen LogP contribution in [0.25, 0.3) is 21.9 Å². The summed E-state index contributed by atoms with van der Waals surface area (Å²) in [6.45, 7) is 2.76. The van der Waals surface area contributed by atoms with Crippen molar-refractivity contribution in [3.8, 4) is 0 Å². The van der Waals surface area contributed by atoms with Crippen LogP contribution in [0.2, 0.25) is 0 Å². The van der Waals surface area contributed by atoms with Gasteiger partial charge in [-0.3, -0.25) is 0 Å². The van der Waals surface area contributed by atoms with Gasteiger partial charge in [-0.25, -0.2) is 0 Å². The minimum Gasteiger partial charge on any atom is -0.464 e. The number of furan rings is 2. The first-order valence-electron chi connectivity index (χ1n) is 5.89. The SMILES string of the molecule is Cc1c2ccoc2c(CCCN)c2ccoc12. The Bertz CT molecular complexity index is 612. The number of hydrogen-bond acceptors (Lipinski definition) is 3. The average Bonchev–Trinajstić information content (AvgIpc) is 2.97. The molecule has 3 aromatic rings. The summed E-state index contributed by atoms with van der Waals surface area (Å²) in [5, 5.41) is 2.29. The van der Waals surface area contributed by atoms with Crippen molar-refractivity contribution in [2.24, 2.45) is 5.73 Å². The molecular weight excluding hydrogens is 214 g/mol. The molecule has 3 rings (SSSR count). The molecule has 0 saturated carbocycles. The maximum atomic E-state index is 5.62. The van der Waals surface area contributed by atoms with E-state index >= 15 is 0 Å². The van der Waals surface area contributed by atoms with Crippen LogP contribution in [0.1, 0.15) is 17.5 Å². The Morgan fingerprint density at radius 3 is 2.53 bits per heavy atom. The fourth-order valence-electron chi connectivity index (χ4n) is 2.45. The third-order valence-corrected chi connectivity index (χ3v) is 3.31. The Morgan fingerprint density at radius 1 is 1.06 bits per heavy atom. The van der Waals surface area contributed by atoms with Gasteiger partial charge in [0.25, 0.3) is 0 Å². The first kappa shape index (κ1) is 10.4. The van der Waals surface area contributed by atoms with E-state index in [0.717, 1.165) is 40.3 Å². The summed E-state index contributed by atoms with van der Waals surface area (Å²) >= 11 is 0. The Hall–Kier alpha value is -1.74. The number of nitrogens with two attached hydrogens (primary N) is 1. The van der Waals surface area contributed by atoms with Crippen molar-refractivity contribution in [2.45, 2.75) is 19.8 Å². The van der Waals surface area contributed by atoms with Crippen LogP contribution in [0, 0.1) is 6.92 Å². The van der Waals surface area contributed by atoms with Crippen molar-refractivity contribution >= 4 is 21.9 Å². The van der Waals surface area contributed by atoms with Gasteiger partial charge in [0.15, 0.2) is 0 Å². The number of hydrogen-bond donors (Lipinski definition) is 1. The fourth-order valence-corrected chi connectivity index (χ4v) is 2.45. The van der Waals surface area contributed by atoms with Crippen molar-refractivity contribution in [3.05, 3.63) is 35.8 Å². The number of benzene rings is 1. The molecule has 0 bridgehead atoms. The van der Waals surface area contributed by atoms with E-state index in [0.29, 0.717) is 6.54 Å². The molecule has 3 heteroatoms. The number of aryl methyl sites for hydroxylation is 2. The molecule has 0 spiro atoms. The summed E-state index contributed by atoms with van der Waals surface area (Å²) in [7, 11) is 0. The van der Waals surface area contributed by atoms with Gasteiger partial charge in [0.05, 0.1) is 12.5 Å². The molecule has 2 aromatic heterocycles. The molecule has 0 aliphatic carbocycles. The molecule has 3 nitrogen and oxygen atoms in total. The molecule has 0 fully saturated rings. The molecule has 0 atom stereocenters. The van der Waals surface area contributed by atoms with Crippen molar-refractivity contribution < 1.29 is 8.83 Å². The van der Waals surface area contributed by atoms with E-state index < -0.39 is 0 Å². The first-order valence-corrected chi connectivity index (χ1v) is 5.89. The molecule has 17 heavy (non-hydrogen) atoms. The van der Waals surface area contributed by atoms with Gasteiger partial charge >= 0.3 is 0 Å². The Balaban J connectivity index is 2.35. The van der Waals surface area contributed by atoms with Crippen LogP contribution in [0.4, 0.5) is 0 Å². The van der Waals surface area contributed by atoms with Crippen LogP contribution in [0.15, 0.2) is 33.5 Å². The Morgan fingerprint density at radius 2 is 1.76 bits per heavy atom. The zero-order valence-electron chi connectivity index (χ0n) is 9.82. The first-order chi connectivity index (χ1) is 8.33. The number of fused-ring (bicyclic) bond motifs is 2. The highest BCUT2D eigenvalue weighted by molar-refractivity contribution is 6.01. The lowest BCUT2D eigenvalue weighted by Gasteiger charge is -2.06. The zero-order chi connectivity index (χ0) is 11.8. The fraction of sp³-hybridized carbons (Fsp3) is 0.286. The topological polar surface area (TPSA) is 52.3 Å². The summed E-state index contributed by atoms with van der Waals surface area (Å²) < 4.78 is 11.2. The van der Waals surface area contributed by atoms with Crippen LogP contribution < -0.4 is 5.73 Å². The second-order valence-corrected chi connectivity index (χ2v) is 4.32. The zero-order valence-corrected chi connectivity index (χ0v) is 9.82. The van der Waals surface area contributed by atoms with Crippen molar-refractivity contribution in [2.75, 3.05) is 6.54 Å². The van der Waals surface area contributed by atoms with Crippen LogP contribution >= 0.6 is 0 Å². The molecular formula is C14H15NO2. The molecule has 0 radical (unpaired) electrons. The molecule has 0 unspecified atom stereocenters. The van der Waals surface area contributed by atoms with E-state index in [2.05, 4.69) is 6.92 Å². The van der Waals surface area contributed by atoms with Gasteiger partial charge < -0.3 is 14.6 Å². The lowest BCUT2D eigenvalue weighted by Crippen LogP contribution is -2.01. The summed E-state index contributed by atoms with van der Waals surface area (Å²) in [5.74, 6) is 0. The maximum Gasteiger partial charge on any atom is 0.138 e. The highest BCUT2D eigenvalue weighted by Crippen LogP contribution is 2.34. The van der Waals surface area contributed by atoms with E-state index in [1.165, 1.54) is 5.56 Å². The van der Waals surface area contributed by atoms with Gasteiger partial charge in [-0.2, -0.15) is 0 Å². The van der Waals surface area contributed by atoms with Crippen LogP contribution in [0.5, 0.6) is 0 Å². The largest absolute Gasteiger partial charge is 0.464 e. The van der Waals surface area contributed by atoms with Gasteiger partial charge in [0.1, 0.15) is 11.2 Å². The van der Waals surface area contributed by atoms with Crippen LogP contribution in [0.3, 0.4) is 0 Å². The monoisotopic (exact) mass is 229 g/mol. The molecule has 2 heterocycles. The van der Waals surface area contributed by atoms with E-state index in [-0.39, 0.29) is 0 Å². The van der Waals surface area contributed by atoms with Crippen LogP contribution in [-0.4, -0.2) is 6.54 Å². The Kier molecular flexibility index (Phi) is 2.41. The van der Waals surface area contributed by atoms with E-state index in [1.54, 1.807) is 12.5 Å². The molecule has 0 aliphatic rings. The predicted octanol–water partition coefficient (Wildman–Crippen LogP) is 3.38. The lowest BCUT2D eigenvalue weighted by molar-refractivity contribution is 0.606. The summed E-state index contributed by atoms with van der Waals surface area (Å²) in [6.07, 6.45) is 5.36. The smallest absolute Gasteiger partial charge is 0.138 e. The van der Waals surface area contributed by atoms with Crippen molar-refractivity contribution in [1.29, 1.82) is 0 Å². The minimum atomic E-state index is 0.690. The van der Waals surface area contributed by atoms with Crippen LogP contribution in [-0.2, 0) is 6.42 Å². The van der Waals surface area contributed by atoms with Gasteiger partial charge in [0.2, 0.25) is 0 Å². The van der Waals surface area contributed by atoms with Crippen molar-refractivity contribution in [1.82, 2.24) is 0 Å². The molecule has 0 saturated heterocycles. The van der Waals surface area contributed by atoms with E-state index in [4.69, 9.17) is 14.6 Å². The highest BCUT2D eigenvalue weighted by atomic mass is 16.3.